The molecule has 0 amide bonds. The van der Waals surface area contributed by atoms with Gasteiger partial charge in [-0.2, -0.15) is 0 Å². The van der Waals surface area contributed by atoms with E-state index >= 15 is 0 Å². The van der Waals surface area contributed by atoms with Gasteiger partial charge in [0.2, 0.25) is 0 Å². The highest BCUT2D eigenvalue weighted by atomic mass is 35.5. The second-order valence-electron chi connectivity index (χ2n) is 1.09. The number of guanidine groups is 2. The predicted molar refractivity (Wildman–Crippen MR) is 47.1 cm³/mol. The predicted octanol–water partition coefficient (Wildman–Crippen LogP) is 0.797. The molecule has 6 nitrogen and oxygen atoms in total. The van der Waals surface area contributed by atoms with Crippen LogP contribution in [-0.2, 0) is 0 Å². The van der Waals surface area contributed by atoms with Crippen molar-refractivity contribution in [3.63, 3.8) is 0 Å². The number of hydrogen-bond donors (Lipinski definition) is 2. The summed E-state index contributed by atoms with van der Waals surface area (Å²) in [6.45, 7) is 0. The molecule has 0 aromatic carbocycles. The number of nitrogens with two attached hydrogens (primary N) is 2. The minimum Gasteiger partial charge on any atom is -0.366 e. The van der Waals surface area contributed by atoms with Crippen LogP contribution in [0.1, 0.15) is 0 Å². The Bertz CT molecular complexity index is 164. The lowest BCUT2D eigenvalue weighted by Crippen LogP contribution is -2.10. The molecule has 64 valence electrons. The molecule has 0 heterocycles. The molecule has 4 N–H and O–H groups in total. The number of halogens is 3. The lowest BCUT2D eigenvalue weighted by Gasteiger charge is -1.84. The van der Waals surface area contributed by atoms with E-state index in [0.29, 0.717) is 0 Å². The van der Waals surface area contributed by atoms with Gasteiger partial charge in [-0.1, -0.05) is 0 Å². The molecule has 0 aliphatic carbocycles. The fraction of sp³-hybridized carbons (Fsp3) is 0. The van der Waals surface area contributed by atoms with Gasteiger partial charge in [-0.3, -0.25) is 0 Å². The SMILES string of the molecule is Cl.NC(=N/Cl)/N=N/C(N)=N/Cl. The molecule has 0 rings (SSSR count). The first-order valence-electron chi connectivity index (χ1n) is 2.01. The van der Waals surface area contributed by atoms with Crippen LogP contribution in [0.2, 0.25) is 0 Å². The van der Waals surface area contributed by atoms with E-state index in [0.717, 1.165) is 0 Å². The van der Waals surface area contributed by atoms with E-state index in [1.54, 1.807) is 0 Å². The van der Waals surface area contributed by atoms with Gasteiger partial charge in [-0.05, 0) is 0 Å². The van der Waals surface area contributed by atoms with Gasteiger partial charge in [0, 0.05) is 23.6 Å². The number of rotatable bonds is 0. The Labute approximate surface area is 79.0 Å². The molecule has 0 fully saturated rings. The van der Waals surface area contributed by atoms with Crippen molar-refractivity contribution in [3.8, 4) is 0 Å². The normalized spacial score (nSPS) is 13.3. The Kier molecular flexibility index (Phi) is 8.91. The first kappa shape index (κ1) is 13.0. The maximum Gasteiger partial charge on any atom is 0.252 e. The molecule has 0 aliphatic rings. The van der Waals surface area contributed by atoms with Crippen LogP contribution in [0.3, 0.4) is 0 Å². The van der Waals surface area contributed by atoms with Gasteiger partial charge in [0.1, 0.15) is 0 Å². The van der Waals surface area contributed by atoms with Gasteiger partial charge in [0.25, 0.3) is 11.9 Å². The summed E-state index contributed by atoms with van der Waals surface area (Å²) in [6, 6.07) is 0. The molecule has 0 spiro atoms. The van der Waals surface area contributed by atoms with Crippen molar-refractivity contribution in [3.05, 3.63) is 0 Å². The summed E-state index contributed by atoms with van der Waals surface area (Å²) < 4.78 is 5.89. The lowest BCUT2D eigenvalue weighted by molar-refractivity contribution is 1.27. The lowest BCUT2D eigenvalue weighted by atomic mass is 11.1. The monoisotopic (exact) mass is 218 g/mol. The van der Waals surface area contributed by atoms with E-state index in [4.69, 9.17) is 35.0 Å². The third-order valence-electron chi connectivity index (χ3n) is 0.428. The van der Waals surface area contributed by atoms with Crippen molar-refractivity contribution in [1.29, 1.82) is 0 Å². The van der Waals surface area contributed by atoms with Gasteiger partial charge in [0.05, 0.1) is 0 Å². The zero-order chi connectivity index (χ0) is 7.98. The Morgan fingerprint density at radius 2 is 1.18 bits per heavy atom. The minimum atomic E-state index is -0.218. The first-order chi connectivity index (χ1) is 4.70. The van der Waals surface area contributed by atoms with Crippen LogP contribution in [0, 0.1) is 0 Å². The molecule has 0 saturated carbocycles. The third-order valence-corrected chi connectivity index (χ3v) is 0.774. The Balaban J connectivity index is 0. The van der Waals surface area contributed by atoms with E-state index in [1.165, 1.54) is 0 Å². The van der Waals surface area contributed by atoms with Crippen LogP contribution >= 0.6 is 36.0 Å². The van der Waals surface area contributed by atoms with Crippen molar-refractivity contribution >= 4 is 47.9 Å². The summed E-state index contributed by atoms with van der Waals surface area (Å²) in [6.07, 6.45) is 0. The topological polar surface area (TPSA) is 101 Å². The molecule has 0 saturated heterocycles. The Morgan fingerprint density at radius 3 is 1.36 bits per heavy atom. The summed E-state index contributed by atoms with van der Waals surface area (Å²) >= 11 is 9.75. The molecule has 0 unspecified atom stereocenters. The van der Waals surface area contributed by atoms with Crippen LogP contribution in [0.5, 0.6) is 0 Å². The fourth-order valence-electron chi connectivity index (χ4n) is 0.136. The number of azo groups is 1. The maximum absolute atomic E-state index is 4.98. The van der Waals surface area contributed by atoms with E-state index in [-0.39, 0.29) is 24.3 Å². The molecular formula is C2H5Cl3N6. The van der Waals surface area contributed by atoms with Crippen LogP contribution in [0.4, 0.5) is 0 Å². The minimum absolute atomic E-state index is 0. The third kappa shape index (κ3) is 7.31. The molecule has 0 aliphatic heterocycles. The summed E-state index contributed by atoms with van der Waals surface area (Å²) in [5.74, 6) is -0.435. The van der Waals surface area contributed by atoms with Crippen molar-refractivity contribution in [1.82, 2.24) is 0 Å². The van der Waals surface area contributed by atoms with Gasteiger partial charge in [0.15, 0.2) is 0 Å². The summed E-state index contributed by atoms with van der Waals surface area (Å²) in [5.41, 5.74) is 9.96. The fourth-order valence-corrected chi connectivity index (χ4v) is 0.204. The van der Waals surface area contributed by atoms with Crippen LogP contribution in [0.15, 0.2) is 19.3 Å². The van der Waals surface area contributed by atoms with E-state index in [1.807, 2.05) is 0 Å². The molecular weight excluding hydrogens is 214 g/mol. The van der Waals surface area contributed by atoms with Gasteiger partial charge >= 0.3 is 0 Å². The number of nitrogens with zero attached hydrogens (tertiary/aromatic N) is 4. The quantitative estimate of drug-likeness (QED) is 0.357. The summed E-state index contributed by atoms with van der Waals surface area (Å²) in [5, 5.41) is 6.39. The largest absolute Gasteiger partial charge is 0.366 e. The van der Waals surface area contributed by atoms with E-state index in [2.05, 4.69) is 19.3 Å². The zero-order valence-corrected chi connectivity index (χ0v) is 7.44. The average molecular weight is 219 g/mol. The van der Waals surface area contributed by atoms with Crippen LogP contribution in [-0.4, -0.2) is 11.9 Å². The Morgan fingerprint density at radius 1 is 0.909 bits per heavy atom. The highest BCUT2D eigenvalue weighted by Crippen LogP contribution is 1.82. The van der Waals surface area contributed by atoms with Gasteiger partial charge in [-0.15, -0.1) is 31.7 Å². The molecule has 9 heteroatoms. The van der Waals surface area contributed by atoms with E-state index < -0.39 is 0 Å². The van der Waals surface area contributed by atoms with Crippen molar-refractivity contribution < 1.29 is 0 Å². The van der Waals surface area contributed by atoms with Gasteiger partial charge in [-0.25, -0.2) is 0 Å². The Hall–Kier alpha value is -0.590. The first-order valence-corrected chi connectivity index (χ1v) is 2.69. The van der Waals surface area contributed by atoms with Crippen LogP contribution < -0.4 is 11.5 Å². The smallest absolute Gasteiger partial charge is 0.252 e. The average Bonchev–Trinajstić information content (AvgIpc) is 1.99. The molecule has 0 aromatic heterocycles. The molecule has 0 bridgehead atoms. The zero-order valence-electron chi connectivity index (χ0n) is 5.11. The van der Waals surface area contributed by atoms with E-state index in [9.17, 15) is 0 Å². The number of hydrogen-bond acceptors (Lipinski definition) is 2. The van der Waals surface area contributed by atoms with Crippen molar-refractivity contribution in [2.24, 2.45) is 30.7 Å². The molecule has 11 heavy (non-hydrogen) atoms. The molecule has 0 aromatic rings. The van der Waals surface area contributed by atoms with Crippen molar-refractivity contribution in [2.45, 2.75) is 0 Å². The summed E-state index contributed by atoms with van der Waals surface area (Å²) in [4.78, 5) is 0. The standard InChI is InChI=1S/C2H4Cl2N6.ClH/c3-7-1(5)9-10-2(6)8-4;/h(H2,5,7)(H2,6,8);1H/b10-9+;. The maximum atomic E-state index is 4.98. The van der Waals surface area contributed by atoms with Crippen LogP contribution in [0.25, 0.3) is 0 Å². The van der Waals surface area contributed by atoms with Crippen molar-refractivity contribution in [2.75, 3.05) is 0 Å². The highest BCUT2D eigenvalue weighted by molar-refractivity contribution is 6.20. The highest BCUT2D eigenvalue weighted by Gasteiger charge is 1.86. The molecule has 0 atom stereocenters. The second-order valence-corrected chi connectivity index (χ2v) is 1.42. The van der Waals surface area contributed by atoms with Gasteiger partial charge < -0.3 is 11.5 Å². The second kappa shape index (κ2) is 7.52. The molecule has 0 radical (unpaired) electrons. The summed E-state index contributed by atoms with van der Waals surface area (Å²) in [7, 11) is 0.